The molecule has 0 aliphatic carbocycles. The van der Waals surface area contributed by atoms with Crippen LogP contribution >= 0.6 is 11.3 Å². The molecule has 1 atom stereocenters. The molecule has 23 heavy (non-hydrogen) atoms. The normalized spacial score (nSPS) is 12.1. The maximum atomic E-state index is 12.5. The topological polar surface area (TPSA) is 46.3 Å². The van der Waals surface area contributed by atoms with Gasteiger partial charge in [-0.2, -0.15) is 0 Å². The third-order valence-corrected chi connectivity index (χ3v) is 4.78. The molecule has 5 heteroatoms. The fourth-order valence-electron chi connectivity index (χ4n) is 2.35. The van der Waals surface area contributed by atoms with E-state index in [1.54, 1.807) is 11.2 Å². The number of likely N-dealkylation sites (N-methyl/N-ethyl adjacent to an activating group) is 1. The van der Waals surface area contributed by atoms with E-state index >= 15 is 0 Å². The Morgan fingerprint density at radius 1 is 1.26 bits per heavy atom. The first kappa shape index (κ1) is 15.5. The monoisotopic (exact) mass is 326 g/mol. The summed E-state index contributed by atoms with van der Waals surface area (Å²) in [4.78, 5) is 18.7. The summed E-state index contributed by atoms with van der Waals surface area (Å²) in [5.74, 6) is 0.789. The minimum atomic E-state index is 0.0341. The molecule has 0 saturated heterocycles. The van der Waals surface area contributed by atoms with Crippen LogP contribution in [-0.2, 0) is 11.2 Å². The van der Waals surface area contributed by atoms with Gasteiger partial charge in [0.15, 0.2) is 10.8 Å². The summed E-state index contributed by atoms with van der Waals surface area (Å²) in [6.45, 7) is 2.03. The van der Waals surface area contributed by atoms with Gasteiger partial charge in [0.1, 0.15) is 0 Å². The Morgan fingerprint density at radius 2 is 2.04 bits per heavy atom. The minimum absolute atomic E-state index is 0.0341. The van der Waals surface area contributed by atoms with Crippen LogP contribution in [0.1, 0.15) is 24.2 Å². The van der Waals surface area contributed by atoms with Gasteiger partial charge in [-0.05, 0) is 24.6 Å². The zero-order valence-electron chi connectivity index (χ0n) is 13.1. The van der Waals surface area contributed by atoms with Crippen LogP contribution in [0, 0.1) is 0 Å². The maximum Gasteiger partial charge on any atom is 0.228 e. The second kappa shape index (κ2) is 6.79. The molecule has 3 aromatic rings. The average Bonchev–Trinajstić information content (AvgIpc) is 3.25. The molecule has 118 valence electrons. The molecule has 0 N–H and O–H groups in total. The lowest BCUT2D eigenvalue weighted by atomic mass is 10.1. The standard InChI is InChI=1S/C18H18N2O2S/c1-13(14-7-4-3-5-8-14)20(2)17(21)11-15-12-23-18(19-15)16-9-6-10-22-16/h3-10,12-13H,11H2,1-2H3. The fraction of sp³-hybridized carbons (Fsp3) is 0.222. The average molecular weight is 326 g/mol. The highest BCUT2D eigenvalue weighted by molar-refractivity contribution is 7.13. The third kappa shape index (κ3) is 3.51. The SMILES string of the molecule is CC(c1ccccc1)N(C)C(=O)Cc1csc(-c2ccco2)n1. The fourth-order valence-corrected chi connectivity index (χ4v) is 3.14. The van der Waals surface area contributed by atoms with Gasteiger partial charge in [-0.3, -0.25) is 4.79 Å². The lowest BCUT2D eigenvalue weighted by molar-refractivity contribution is -0.131. The number of furan rings is 1. The van der Waals surface area contributed by atoms with Crippen molar-refractivity contribution in [3.05, 3.63) is 65.4 Å². The predicted molar refractivity (Wildman–Crippen MR) is 91.1 cm³/mol. The summed E-state index contributed by atoms with van der Waals surface area (Å²) >= 11 is 1.49. The van der Waals surface area contributed by atoms with E-state index in [0.717, 1.165) is 22.0 Å². The summed E-state index contributed by atoms with van der Waals surface area (Å²) in [6.07, 6.45) is 1.92. The third-order valence-electron chi connectivity index (χ3n) is 3.87. The summed E-state index contributed by atoms with van der Waals surface area (Å²) in [5, 5.41) is 2.72. The first-order valence-corrected chi connectivity index (χ1v) is 8.32. The van der Waals surface area contributed by atoms with Crippen molar-refractivity contribution in [3.63, 3.8) is 0 Å². The van der Waals surface area contributed by atoms with Crippen LogP contribution in [-0.4, -0.2) is 22.8 Å². The van der Waals surface area contributed by atoms with Gasteiger partial charge in [0.2, 0.25) is 5.91 Å². The van der Waals surface area contributed by atoms with Crippen molar-refractivity contribution in [1.82, 2.24) is 9.88 Å². The van der Waals surface area contributed by atoms with Gasteiger partial charge in [0.25, 0.3) is 0 Å². The van der Waals surface area contributed by atoms with E-state index in [2.05, 4.69) is 4.98 Å². The Morgan fingerprint density at radius 3 is 2.74 bits per heavy atom. The summed E-state index contributed by atoms with van der Waals surface area (Å²) < 4.78 is 5.33. The zero-order chi connectivity index (χ0) is 16.2. The second-order valence-corrected chi connectivity index (χ2v) is 6.25. The molecule has 0 fully saturated rings. The number of amides is 1. The summed E-state index contributed by atoms with van der Waals surface area (Å²) in [6, 6.07) is 13.7. The highest BCUT2D eigenvalue weighted by Crippen LogP contribution is 2.25. The van der Waals surface area contributed by atoms with Gasteiger partial charge in [-0.1, -0.05) is 30.3 Å². The molecule has 0 saturated carbocycles. The molecular formula is C18H18N2O2S. The van der Waals surface area contributed by atoms with E-state index in [-0.39, 0.29) is 11.9 Å². The Hall–Kier alpha value is -2.40. The molecule has 0 spiro atoms. The van der Waals surface area contributed by atoms with Crippen molar-refractivity contribution in [2.24, 2.45) is 0 Å². The first-order chi connectivity index (χ1) is 11.1. The predicted octanol–water partition coefficient (Wildman–Crippen LogP) is 4.17. The van der Waals surface area contributed by atoms with Crippen molar-refractivity contribution >= 4 is 17.2 Å². The number of hydrogen-bond donors (Lipinski definition) is 0. The van der Waals surface area contributed by atoms with E-state index in [1.165, 1.54) is 11.3 Å². The van der Waals surface area contributed by atoms with Gasteiger partial charge in [0.05, 0.1) is 24.4 Å². The second-order valence-electron chi connectivity index (χ2n) is 5.39. The number of thiazole rings is 1. The number of benzene rings is 1. The highest BCUT2D eigenvalue weighted by Gasteiger charge is 2.19. The quantitative estimate of drug-likeness (QED) is 0.707. The van der Waals surface area contributed by atoms with Gasteiger partial charge in [0, 0.05) is 12.4 Å². The van der Waals surface area contributed by atoms with E-state index in [9.17, 15) is 4.79 Å². The van der Waals surface area contributed by atoms with E-state index < -0.39 is 0 Å². The number of aromatic nitrogens is 1. The van der Waals surface area contributed by atoms with Crippen LogP contribution in [0.3, 0.4) is 0 Å². The van der Waals surface area contributed by atoms with Crippen molar-refractivity contribution in [2.45, 2.75) is 19.4 Å². The zero-order valence-corrected chi connectivity index (χ0v) is 13.9. The smallest absolute Gasteiger partial charge is 0.228 e. The van der Waals surface area contributed by atoms with Crippen LogP contribution in [0.15, 0.2) is 58.5 Å². The van der Waals surface area contributed by atoms with E-state index in [0.29, 0.717) is 6.42 Å². The minimum Gasteiger partial charge on any atom is -0.462 e. The van der Waals surface area contributed by atoms with Crippen molar-refractivity contribution in [1.29, 1.82) is 0 Å². The molecule has 2 heterocycles. The number of rotatable bonds is 5. The van der Waals surface area contributed by atoms with E-state index in [1.807, 2.05) is 61.8 Å². The molecule has 0 radical (unpaired) electrons. The van der Waals surface area contributed by atoms with Gasteiger partial charge < -0.3 is 9.32 Å². The summed E-state index contributed by atoms with van der Waals surface area (Å²) in [7, 11) is 1.83. The van der Waals surface area contributed by atoms with Crippen molar-refractivity contribution < 1.29 is 9.21 Å². The first-order valence-electron chi connectivity index (χ1n) is 7.44. The number of carbonyl (C=O) groups excluding carboxylic acids is 1. The molecule has 3 rings (SSSR count). The Balaban J connectivity index is 1.67. The van der Waals surface area contributed by atoms with Gasteiger partial charge in [-0.25, -0.2) is 4.98 Å². The van der Waals surface area contributed by atoms with Gasteiger partial charge >= 0.3 is 0 Å². The lowest BCUT2D eigenvalue weighted by Gasteiger charge is -2.25. The van der Waals surface area contributed by atoms with Gasteiger partial charge in [-0.15, -0.1) is 11.3 Å². The van der Waals surface area contributed by atoms with Crippen LogP contribution in [0.25, 0.3) is 10.8 Å². The van der Waals surface area contributed by atoms with Crippen molar-refractivity contribution in [3.8, 4) is 10.8 Å². The lowest BCUT2D eigenvalue weighted by Crippen LogP contribution is -2.31. The Kier molecular flexibility index (Phi) is 4.57. The molecular weight excluding hydrogens is 308 g/mol. The molecule has 1 unspecified atom stereocenters. The highest BCUT2D eigenvalue weighted by atomic mass is 32.1. The number of carbonyl (C=O) groups is 1. The molecule has 4 nitrogen and oxygen atoms in total. The Labute approximate surface area is 139 Å². The molecule has 0 aliphatic rings. The maximum absolute atomic E-state index is 12.5. The van der Waals surface area contributed by atoms with Crippen LogP contribution < -0.4 is 0 Å². The van der Waals surface area contributed by atoms with Crippen LogP contribution in [0.4, 0.5) is 0 Å². The van der Waals surface area contributed by atoms with Crippen LogP contribution in [0.2, 0.25) is 0 Å². The summed E-state index contributed by atoms with van der Waals surface area (Å²) in [5.41, 5.74) is 1.90. The molecule has 2 aromatic heterocycles. The molecule has 0 bridgehead atoms. The van der Waals surface area contributed by atoms with E-state index in [4.69, 9.17) is 4.42 Å². The van der Waals surface area contributed by atoms with Crippen LogP contribution in [0.5, 0.6) is 0 Å². The van der Waals surface area contributed by atoms with Crippen molar-refractivity contribution in [2.75, 3.05) is 7.05 Å². The number of hydrogen-bond acceptors (Lipinski definition) is 4. The largest absolute Gasteiger partial charge is 0.462 e. The molecule has 1 amide bonds. The number of nitrogens with zero attached hydrogens (tertiary/aromatic N) is 2. The molecule has 1 aromatic carbocycles. The molecule has 0 aliphatic heterocycles. The Bertz CT molecular complexity index is 765.